The van der Waals surface area contributed by atoms with E-state index in [1.54, 1.807) is 69.3 Å². The van der Waals surface area contributed by atoms with E-state index < -0.39 is 53.1 Å². The molecular formula is C30H39N3O7SSi. The Hall–Kier alpha value is -3.64. The zero-order chi connectivity index (χ0) is 31.1. The lowest BCUT2D eigenvalue weighted by molar-refractivity contribution is -0.143. The minimum atomic E-state index is -3.80. The number of carbonyl (C=O) groups is 3. The lowest BCUT2D eigenvalue weighted by atomic mass is 9.71. The number of ether oxygens (including phenoxy) is 2. The number of nitrogens with zero attached hydrogens (tertiary/aromatic N) is 1. The summed E-state index contributed by atoms with van der Waals surface area (Å²) in [6.45, 7) is 11.4. The molecule has 2 amide bonds. The van der Waals surface area contributed by atoms with Gasteiger partial charge >= 0.3 is 12.1 Å². The number of alkyl carbamates (subject to hydrolysis) is 1. The Kier molecular flexibility index (Phi) is 8.36. The van der Waals surface area contributed by atoms with Gasteiger partial charge in [-0.3, -0.25) is 4.79 Å². The van der Waals surface area contributed by atoms with Gasteiger partial charge in [0.15, 0.2) is 0 Å². The predicted molar refractivity (Wildman–Crippen MR) is 165 cm³/mol. The monoisotopic (exact) mass is 613 g/mol. The van der Waals surface area contributed by atoms with Crippen molar-refractivity contribution >= 4 is 52.7 Å². The quantitative estimate of drug-likeness (QED) is 0.260. The lowest BCUT2D eigenvalue weighted by Gasteiger charge is -2.31. The molecule has 0 saturated carbocycles. The van der Waals surface area contributed by atoms with Crippen LogP contribution in [-0.4, -0.2) is 62.9 Å². The standard InChI is InChI=1S/C30H39N3O7SSi/c1-29(2,3)40-28(36)32-24(26(34)39-4)18-30(21-13-9-10-14-23(21)31-27(30)35)22-19-33(25-15-11-8-12-20(22)25)41(37,38)16-17-42(5,6)7/h8-15,19,24H,16-18H2,1-7H3,(H,31,35)(H,32,36)/t24-,30?/m0/s1. The number of anilines is 1. The zero-order valence-electron chi connectivity index (χ0n) is 25.1. The van der Waals surface area contributed by atoms with Crippen LogP contribution < -0.4 is 10.6 Å². The Morgan fingerprint density at radius 3 is 2.33 bits per heavy atom. The smallest absolute Gasteiger partial charge is 0.408 e. The number of amides is 2. The summed E-state index contributed by atoms with van der Waals surface area (Å²) in [6.07, 6.45) is 0.398. The van der Waals surface area contributed by atoms with Crippen molar-refractivity contribution in [3.63, 3.8) is 0 Å². The van der Waals surface area contributed by atoms with Crippen LogP contribution in [0, 0.1) is 0 Å². The van der Waals surface area contributed by atoms with Crippen LogP contribution in [0.1, 0.15) is 38.3 Å². The minimum absolute atomic E-state index is 0.0401. The van der Waals surface area contributed by atoms with Crippen molar-refractivity contribution in [2.75, 3.05) is 18.2 Å². The Labute approximate surface area is 247 Å². The highest BCUT2D eigenvalue weighted by molar-refractivity contribution is 7.90. The van der Waals surface area contributed by atoms with E-state index in [9.17, 15) is 22.8 Å². The van der Waals surface area contributed by atoms with E-state index in [1.807, 2.05) is 0 Å². The summed E-state index contributed by atoms with van der Waals surface area (Å²) in [5, 5.41) is 6.04. The summed E-state index contributed by atoms with van der Waals surface area (Å²) in [4.78, 5) is 40.0. The molecule has 2 heterocycles. The van der Waals surface area contributed by atoms with Gasteiger partial charge in [0.1, 0.15) is 17.1 Å². The number of esters is 1. The number of carbonyl (C=O) groups excluding carboxylic acids is 3. The van der Waals surface area contributed by atoms with Crippen molar-refractivity contribution in [2.45, 2.75) is 69.9 Å². The lowest BCUT2D eigenvalue weighted by Crippen LogP contribution is -2.50. The van der Waals surface area contributed by atoms with Crippen LogP contribution in [0.4, 0.5) is 10.5 Å². The van der Waals surface area contributed by atoms with E-state index in [1.165, 1.54) is 17.3 Å². The van der Waals surface area contributed by atoms with Gasteiger partial charge in [0.05, 0.1) is 18.4 Å². The molecule has 42 heavy (non-hydrogen) atoms. The number of hydrogen-bond donors (Lipinski definition) is 2. The molecule has 1 aliphatic heterocycles. The van der Waals surface area contributed by atoms with E-state index in [0.717, 1.165) is 0 Å². The van der Waals surface area contributed by atoms with Crippen molar-refractivity contribution < 1.29 is 32.3 Å². The number of rotatable bonds is 9. The fraction of sp³-hybridized carbons (Fsp3) is 0.433. The van der Waals surface area contributed by atoms with Gasteiger partial charge in [-0.2, -0.15) is 0 Å². The average molecular weight is 614 g/mol. The van der Waals surface area contributed by atoms with Crippen LogP contribution in [0.25, 0.3) is 10.9 Å². The summed E-state index contributed by atoms with van der Waals surface area (Å²) in [5.41, 5.74) is -0.480. The molecule has 1 unspecified atom stereocenters. The summed E-state index contributed by atoms with van der Waals surface area (Å²) >= 11 is 0. The maximum absolute atomic E-state index is 14.1. The third kappa shape index (κ3) is 6.24. The second-order valence-corrected chi connectivity index (χ2v) is 20.4. The molecule has 1 aromatic heterocycles. The molecule has 0 spiro atoms. The highest BCUT2D eigenvalue weighted by Crippen LogP contribution is 2.49. The van der Waals surface area contributed by atoms with E-state index in [4.69, 9.17) is 9.47 Å². The van der Waals surface area contributed by atoms with E-state index >= 15 is 0 Å². The third-order valence-corrected chi connectivity index (χ3v) is 11.0. The highest BCUT2D eigenvalue weighted by atomic mass is 32.2. The molecule has 2 N–H and O–H groups in total. The van der Waals surface area contributed by atoms with Crippen molar-refractivity contribution in [3.05, 3.63) is 65.9 Å². The molecule has 10 nitrogen and oxygen atoms in total. The van der Waals surface area contributed by atoms with Gasteiger partial charge in [0.2, 0.25) is 15.9 Å². The van der Waals surface area contributed by atoms with E-state index in [-0.39, 0.29) is 12.2 Å². The molecule has 0 radical (unpaired) electrons. The number of nitrogens with one attached hydrogen (secondary N) is 2. The SMILES string of the molecule is COC(=O)[C@H](CC1(c2cn(S(=O)(=O)CC[Si](C)(C)C)c3ccccc23)C(=O)Nc2ccccc21)NC(=O)OC(C)(C)C. The Bertz CT molecular complexity index is 1640. The number of benzene rings is 2. The number of aromatic nitrogens is 1. The zero-order valence-corrected chi connectivity index (χ0v) is 26.9. The third-order valence-electron chi connectivity index (χ3n) is 7.26. The first-order chi connectivity index (χ1) is 19.5. The van der Waals surface area contributed by atoms with Gasteiger partial charge < -0.3 is 20.1 Å². The fourth-order valence-corrected chi connectivity index (χ4v) is 9.64. The highest BCUT2D eigenvalue weighted by Gasteiger charge is 2.52. The van der Waals surface area contributed by atoms with Crippen LogP contribution in [0.5, 0.6) is 0 Å². The van der Waals surface area contributed by atoms with Crippen LogP contribution >= 0.6 is 0 Å². The largest absolute Gasteiger partial charge is 0.467 e. The van der Waals surface area contributed by atoms with E-state index in [2.05, 4.69) is 30.3 Å². The van der Waals surface area contributed by atoms with Crippen LogP contribution in [0.15, 0.2) is 54.7 Å². The van der Waals surface area contributed by atoms with Crippen molar-refractivity contribution in [3.8, 4) is 0 Å². The van der Waals surface area contributed by atoms with Crippen molar-refractivity contribution in [1.82, 2.24) is 9.29 Å². The molecule has 12 heteroatoms. The summed E-state index contributed by atoms with van der Waals surface area (Å²) < 4.78 is 39.2. The number of hydrogen-bond acceptors (Lipinski definition) is 7. The maximum atomic E-state index is 14.1. The topological polar surface area (TPSA) is 133 Å². The molecule has 0 fully saturated rings. The number of methoxy groups -OCH3 is 1. The second kappa shape index (κ2) is 11.2. The molecule has 0 aliphatic carbocycles. The molecule has 4 rings (SSSR count). The summed E-state index contributed by atoms with van der Waals surface area (Å²) in [6, 6.07) is 13.3. The summed E-state index contributed by atoms with van der Waals surface area (Å²) in [5.74, 6) is -1.27. The molecule has 3 aromatic rings. The van der Waals surface area contributed by atoms with Crippen LogP contribution in [0.3, 0.4) is 0 Å². The normalized spacial score (nSPS) is 17.8. The van der Waals surface area contributed by atoms with Crippen LogP contribution in [0.2, 0.25) is 25.7 Å². The van der Waals surface area contributed by atoms with E-state index in [0.29, 0.717) is 33.8 Å². The van der Waals surface area contributed by atoms with Gasteiger partial charge in [0, 0.05) is 31.8 Å². The van der Waals surface area contributed by atoms with Gasteiger partial charge in [0.25, 0.3) is 0 Å². The van der Waals surface area contributed by atoms with Crippen molar-refractivity contribution in [1.29, 1.82) is 0 Å². The molecular weight excluding hydrogens is 574 g/mol. The fourth-order valence-electron chi connectivity index (χ4n) is 5.24. The molecule has 226 valence electrons. The molecule has 2 atom stereocenters. The number of para-hydroxylation sites is 2. The maximum Gasteiger partial charge on any atom is 0.408 e. The van der Waals surface area contributed by atoms with Gasteiger partial charge in [-0.05, 0) is 50.1 Å². The van der Waals surface area contributed by atoms with Gasteiger partial charge in [-0.25, -0.2) is 22.0 Å². The second-order valence-electron chi connectivity index (χ2n) is 12.8. The Balaban J connectivity index is 1.94. The first kappa shape index (κ1) is 31.3. The molecule has 2 aromatic carbocycles. The van der Waals surface area contributed by atoms with Crippen LogP contribution in [-0.2, 0) is 34.5 Å². The first-order valence-electron chi connectivity index (χ1n) is 13.8. The first-order valence-corrected chi connectivity index (χ1v) is 19.1. The van der Waals surface area contributed by atoms with Gasteiger partial charge in [-0.15, -0.1) is 0 Å². The van der Waals surface area contributed by atoms with Gasteiger partial charge in [-0.1, -0.05) is 56.0 Å². The number of fused-ring (bicyclic) bond motifs is 2. The predicted octanol–water partition coefficient (Wildman–Crippen LogP) is 4.85. The molecule has 1 aliphatic rings. The molecule has 0 saturated heterocycles. The van der Waals surface area contributed by atoms with Crippen molar-refractivity contribution in [2.24, 2.45) is 0 Å². The molecule has 0 bridgehead atoms. The Morgan fingerprint density at radius 1 is 1.05 bits per heavy atom. The minimum Gasteiger partial charge on any atom is -0.467 e. The Morgan fingerprint density at radius 2 is 1.69 bits per heavy atom. The average Bonchev–Trinajstić information content (AvgIpc) is 3.42. The summed E-state index contributed by atoms with van der Waals surface area (Å²) in [7, 11) is -4.30.